The zero-order chi connectivity index (χ0) is 18.9. The van der Waals surface area contributed by atoms with Gasteiger partial charge in [-0.1, -0.05) is 6.92 Å². The molecule has 8 heteroatoms. The van der Waals surface area contributed by atoms with Crippen LogP contribution in [-0.2, 0) is 9.53 Å². The molecule has 0 aromatic heterocycles. The first-order chi connectivity index (χ1) is 12.5. The Morgan fingerprint density at radius 3 is 2.54 bits per heavy atom. The number of imide groups is 1. The zero-order valence-electron chi connectivity index (χ0n) is 15.0. The Morgan fingerprint density at radius 1 is 1.12 bits per heavy atom. The SMILES string of the molecule is CCCOc1ccc(C(=O)OCC(=O)NC(=O)NC2CC2)cc1OCC. The molecule has 0 heterocycles. The van der Waals surface area contributed by atoms with Crippen LogP contribution in [0, 0.1) is 0 Å². The van der Waals surface area contributed by atoms with Crippen LogP contribution < -0.4 is 20.1 Å². The number of esters is 1. The molecule has 0 unspecified atom stereocenters. The second-order valence-electron chi connectivity index (χ2n) is 5.82. The average molecular weight is 364 g/mol. The second-order valence-corrected chi connectivity index (χ2v) is 5.82. The Kier molecular flexibility index (Phi) is 7.25. The number of nitrogens with one attached hydrogen (secondary N) is 2. The average Bonchev–Trinajstić information content (AvgIpc) is 3.42. The molecule has 1 aliphatic carbocycles. The lowest BCUT2D eigenvalue weighted by atomic mass is 10.2. The van der Waals surface area contributed by atoms with Gasteiger partial charge >= 0.3 is 12.0 Å². The van der Waals surface area contributed by atoms with Crippen LogP contribution in [0.5, 0.6) is 11.5 Å². The van der Waals surface area contributed by atoms with E-state index in [0.29, 0.717) is 24.7 Å². The van der Waals surface area contributed by atoms with Crippen molar-refractivity contribution in [3.8, 4) is 11.5 Å². The van der Waals surface area contributed by atoms with E-state index in [-0.39, 0.29) is 11.6 Å². The molecule has 0 aliphatic heterocycles. The third-order valence-corrected chi connectivity index (χ3v) is 3.44. The van der Waals surface area contributed by atoms with Gasteiger partial charge in [-0.15, -0.1) is 0 Å². The molecule has 26 heavy (non-hydrogen) atoms. The molecule has 0 radical (unpaired) electrons. The molecule has 0 saturated heterocycles. The fraction of sp³-hybridized carbons (Fsp3) is 0.500. The van der Waals surface area contributed by atoms with Crippen LogP contribution in [0.2, 0.25) is 0 Å². The summed E-state index contributed by atoms with van der Waals surface area (Å²) in [7, 11) is 0. The number of hydrogen-bond acceptors (Lipinski definition) is 6. The first-order valence-electron chi connectivity index (χ1n) is 8.70. The van der Waals surface area contributed by atoms with Crippen LogP contribution >= 0.6 is 0 Å². The van der Waals surface area contributed by atoms with E-state index in [1.54, 1.807) is 6.07 Å². The number of benzene rings is 1. The highest BCUT2D eigenvalue weighted by atomic mass is 16.5. The molecule has 1 aliphatic rings. The molecule has 142 valence electrons. The van der Waals surface area contributed by atoms with Crippen molar-refractivity contribution in [3.63, 3.8) is 0 Å². The topological polar surface area (TPSA) is 103 Å². The number of ether oxygens (including phenoxy) is 3. The van der Waals surface area contributed by atoms with Crippen LogP contribution in [0.3, 0.4) is 0 Å². The summed E-state index contributed by atoms with van der Waals surface area (Å²) in [6.07, 6.45) is 2.67. The Hall–Kier alpha value is -2.77. The molecule has 8 nitrogen and oxygen atoms in total. The van der Waals surface area contributed by atoms with Gasteiger partial charge in [0.15, 0.2) is 18.1 Å². The summed E-state index contributed by atoms with van der Waals surface area (Å²) < 4.78 is 16.0. The summed E-state index contributed by atoms with van der Waals surface area (Å²) in [6.45, 7) is 4.22. The molecule has 0 spiro atoms. The molecule has 2 rings (SSSR count). The van der Waals surface area contributed by atoms with Crippen molar-refractivity contribution in [3.05, 3.63) is 23.8 Å². The smallest absolute Gasteiger partial charge is 0.338 e. The predicted octanol–water partition coefficient (Wildman–Crippen LogP) is 2.02. The number of rotatable bonds is 9. The molecular formula is C18H24N2O6. The summed E-state index contributed by atoms with van der Waals surface area (Å²) in [4.78, 5) is 35.2. The van der Waals surface area contributed by atoms with E-state index < -0.39 is 24.5 Å². The highest BCUT2D eigenvalue weighted by molar-refractivity contribution is 5.97. The minimum Gasteiger partial charge on any atom is -0.490 e. The van der Waals surface area contributed by atoms with Crippen LogP contribution in [0.15, 0.2) is 18.2 Å². The zero-order valence-corrected chi connectivity index (χ0v) is 15.0. The lowest BCUT2D eigenvalue weighted by Gasteiger charge is -2.12. The molecule has 0 bridgehead atoms. The van der Waals surface area contributed by atoms with Gasteiger partial charge in [0, 0.05) is 6.04 Å². The summed E-state index contributed by atoms with van der Waals surface area (Å²) in [6, 6.07) is 4.23. The van der Waals surface area contributed by atoms with E-state index in [2.05, 4.69) is 10.6 Å². The standard InChI is InChI=1S/C18H24N2O6/c1-3-9-25-14-8-5-12(10-15(14)24-4-2)17(22)26-11-16(21)20-18(23)19-13-6-7-13/h5,8,10,13H,3-4,6-7,9,11H2,1-2H3,(H2,19,20,21,23). The van der Waals surface area contributed by atoms with Gasteiger partial charge in [0.25, 0.3) is 5.91 Å². The Bertz CT molecular complexity index is 657. The number of urea groups is 1. The van der Waals surface area contributed by atoms with Crippen molar-refractivity contribution in [2.75, 3.05) is 19.8 Å². The maximum Gasteiger partial charge on any atom is 0.338 e. The van der Waals surface area contributed by atoms with Gasteiger partial charge in [0.05, 0.1) is 18.8 Å². The number of amides is 3. The number of carbonyl (C=O) groups excluding carboxylic acids is 3. The Balaban J connectivity index is 1.87. The van der Waals surface area contributed by atoms with Gasteiger partial charge in [-0.25, -0.2) is 9.59 Å². The fourth-order valence-corrected chi connectivity index (χ4v) is 2.06. The third-order valence-electron chi connectivity index (χ3n) is 3.44. The van der Waals surface area contributed by atoms with Gasteiger partial charge in [0.2, 0.25) is 0 Å². The van der Waals surface area contributed by atoms with Gasteiger partial charge in [-0.3, -0.25) is 10.1 Å². The van der Waals surface area contributed by atoms with Crippen molar-refractivity contribution < 1.29 is 28.6 Å². The van der Waals surface area contributed by atoms with E-state index in [4.69, 9.17) is 14.2 Å². The summed E-state index contributed by atoms with van der Waals surface area (Å²) in [5.41, 5.74) is 0.229. The molecule has 0 atom stereocenters. The molecule has 3 amide bonds. The minimum absolute atomic E-state index is 0.135. The second kappa shape index (κ2) is 9.65. The van der Waals surface area contributed by atoms with Crippen molar-refractivity contribution in [2.45, 2.75) is 39.2 Å². The van der Waals surface area contributed by atoms with E-state index in [1.807, 2.05) is 13.8 Å². The monoisotopic (exact) mass is 364 g/mol. The molecule has 1 aromatic rings. The predicted molar refractivity (Wildman–Crippen MR) is 93.4 cm³/mol. The van der Waals surface area contributed by atoms with Crippen molar-refractivity contribution in [1.29, 1.82) is 0 Å². The summed E-state index contributed by atoms with van der Waals surface area (Å²) >= 11 is 0. The quantitative estimate of drug-likeness (QED) is 0.650. The molecular weight excluding hydrogens is 340 g/mol. The fourth-order valence-electron chi connectivity index (χ4n) is 2.06. The lowest BCUT2D eigenvalue weighted by Crippen LogP contribution is -2.42. The normalized spacial score (nSPS) is 12.8. The van der Waals surface area contributed by atoms with Gasteiger partial charge < -0.3 is 19.5 Å². The number of hydrogen-bond donors (Lipinski definition) is 2. The van der Waals surface area contributed by atoms with E-state index in [9.17, 15) is 14.4 Å². The molecule has 1 fully saturated rings. The van der Waals surface area contributed by atoms with Crippen LogP contribution in [0.25, 0.3) is 0 Å². The molecule has 1 aromatic carbocycles. The minimum atomic E-state index is -0.690. The van der Waals surface area contributed by atoms with Crippen molar-refractivity contribution in [1.82, 2.24) is 10.6 Å². The van der Waals surface area contributed by atoms with Gasteiger partial charge in [-0.05, 0) is 44.4 Å². The van der Waals surface area contributed by atoms with E-state index >= 15 is 0 Å². The lowest BCUT2D eigenvalue weighted by molar-refractivity contribution is -0.123. The van der Waals surface area contributed by atoms with Gasteiger partial charge in [-0.2, -0.15) is 0 Å². The first-order valence-corrected chi connectivity index (χ1v) is 8.70. The Morgan fingerprint density at radius 2 is 1.88 bits per heavy atom. The Labute approximate surface area is 152 Å². The summed E-state index contributed by atoms with van der Waals surface area (Å²) in [5.74, 6) is -0.404. The third kappa shape index (κ3) is 6.27. The highest BCUT2D eigenvalue weighted by Gasteiger charge is 2.24. The molecule has 1 saturated carbocycles. The van der Waals surface area contributed by atoms with Crippen molar-refractivity contribution >= 4 is 17.9 Å². The van der Waals surface area contributed by atoms with Crippen LogP contribution in [0.4, 0.5) is 4.79 Å². The maximum atomic E-state index is 12.1. The maximum absolute atomic E-state index is 12.1. The van der Waals surface area contributed by atoms with E-state index in [1.165, 1.54) is 12.1 Å². The largest absolute Gasteiger partial charge is 0.490 e. The van der Waals surface area contributed by atoms with Crippen molar-refractivity contribution in [2.24, 2.45) is 0 Å². The summed E-state index contributed by atoms with van der Waals surface area (Å²) in [5, 5.41) is 4.72. The molecule has 2 N–H and O–H groups in total. The van der Waals surface area contributed by atoms with Crippen LogP contribution in [0.1, 0.15) is 43.5 Å². The number of carbonyl (C=O) groups is 3. The highest BCUT2D eigenvalue weighted by Crippen LogP contribution is 2.29. The van der Waals surface area contributed by atoms with E-state index in [0.717, 1.165) is 19.3 Å². The first kappa shape index (κ1) is 19.6. The van der Waals surface area contributed by atoms with Gasteiger partial charge in [0.1, 0.15) is 0 Å². The van der Waals surface area contributed by atoms with Crippen LogP contribution in [-0.4, -0.2) is 43.8 Å².